The van der Waals surface area contributed by atoms with E-state index >= 15 is 0 Å². The van der Waals surface area contributed by atoms with Crippen LogP contribution in [-0.2, 0) is 0 Å². The molecule has 0 radical (unpaired) electrons. The van der Waals surface area contributed by atoms with Crippen molar-refractivity contribution in [3.05, 3.63) is 21.9 Å². The van der Waals surface area contributed by atoms with Crippen molar-refractivity contribution in [2.45, 2.75) is 53.6 Å². The molecule has 0 spiro atoms. The fourth-order valence-electron chi connectivity index (χ4n) is 2.13. The molecule has 0 N–H and O–H groups in total. The van der Waals surface area contributed by atoms with Crippen LogP contribution in [0.4, 0.5) is 0 Å². The summed E-state index contributed by atoms with van der Waals surface area (Å²) in [5, 5.41) is 6.41. The van der Waals surface area contributed by atoms with Gasteiger partial charge in [0, 0.05) is 23.5 Å². The van der Waals surface area contributed by atoms with Gasteiger partial charge < -0.3 is 9.13 Å². The van der Waals surface area contributed by atoms with Gasteiger partial charge in [0.05, 0.1) is 5.29 Å². The Labute approximate surface area is 95.8 Å². The molecule has 5 nitrogen and oxygen atoms in total. The molecular formula is C11H20N4O. The quantitative estimate of drug-likeness (QED) is 0.575. The monoisotopic (exact) mass is 224 g/mol. The number of hydrogen-bond donors (Lipinski definition) is 0. The highest BCUT2D eigenvalue weighted by molar-refractivity contribution is 5.13. The third-order valence-corrected chi connectivity index (χ3v) is 2.84. The van der Waals surface area contributed by atoms with Gasteiger partial charge in [-0.1, -0.05) is 5.10 Å². The molecule has 0 unspecified atom stereocenters. The Morgan fingerprint density at radius 2 is 1.31 bits per heavy atom. The molecule has 0 fully saturated rings. The minimum atomic E-state index is 0.263. The Morgan fingerprint density at radius 3 is 1.56 bits per heavy atom. The molecule has 1 aromatic rings. The van der Waals surface area contributed by atoms with E-state index in [1.807, 2.05) is 23.0 Å². The van der Waals surface area contributed by atoms with Crippen LogP contribution in [0.5, 0.6) is 0 Å². The molecule has 1 aromatic heterocycles. The van der Waals surface area contributed by atoms with Crippen LogP contribution in [0.2, 0.25) is 0 Å². The molecule has 0 saturated carbocycles. The zero-order chi connectivity index (χ0) is 12.5. The summed E-state index contributed by atoms with van der Waals surface area (Å²) in [6.07, 6.45) is 0. The lowest BCUT2D eigenvalue weighted by molar-refractivity contribution is 0.498. The van der Waals surface area contributed by atoms with E-state index in [9.17, 15) is 4.91 Å². The molecule has 90 valence electrons. The number of nitroso groups, excluding NO2 is 1. The van der Waals surface area contributed by atoms with E-state index in [1.54, 1.807) is 0 Å². The van der Waals surface area contributed by atoms with Crippen molar-refractivity contribution in [2.75, 3.05) is 0 Å². The predicted molar refractivity (Wildman–Crippen MR) is 64.0 cm³/mol. The van der Waals surface area contributed by atoms with Gasteiger partial charge in [-0.05, 0) is 41.5 Å². The molecule has 0 bridgehead atoms. The second-order valence-electron chi connectivity index (χ2n) is 4.58. The first-order chi connectivity index (χ1) is 7.41. The second-order valence-corrected chi connectivity index (χ2v) is 4.58. The predicted octanol–water partition coefficient (Wildman–Crippen LogP) is 2.65. The van der Waals surface area contributed by atoms with Crippen LogP contribution in [0, 0.1) is 18.8 Å². The van der Waals surface area contributed by atoms with Crippen LogP contribution in [0.3, 0.4) is 0 Å². The maximum atomic E-state index is 10.4. The maximum Gasteiger partial charge on any atom is 0.234 e. The topological polar surface area (TPSA) is 51.6 Å². The first-order valence-corrected chi connectivity index (χ1v) is 5.58. The SMILES string of the molecule is Cc1c(C)n(C(C)C)c(=NN=O)n1C(C)C. The summed E-state index contributed by atoms with van der Waals surface area (Å²) in [7, 11) is 0. The van der Waals surface area contributed by atoms with Gasteiger partial charge in [-0.15, -0.1) is 4.91 Å². The number of nitrogens with zero attached hydrogens (tertiary/aromatic N) is 4. The minimum Gasteiger partial charge on any atom is -0.310 e. The van der Waals surface area contributed by atoms with Crippen LogP contribution >= 0.6 is 0 Å². The molecule has 0 aliphatic rings. The normalized spacial score (nSPS) is 11.2. The van der Waals surface area contributed by atoms with Crippen molar-refractivity contribution in [2.24, 2.45) is 10.4 Å². The lowest BCUT2D eigenvalue weighted by atomic mass is 10.3. The molecule has 0 amide bonds. The van der Waals surface area contributed by atoms with Crippen molar-refractivity contribution >= 4 is 0 Å². The molecule has 16 heavy (non-hydrogen) atoms. The standard InChI is InChI=1S/C11H20N4O/c1-7(2)14-9(5)10(6)15(8(3)4)11(14)12-13-16/h7-8H,1-6H3. The van der Waals surface area contributed by atoms with Gasteiger partial charge in [0.25, 0.3) is 0 Å². The minimum absolute atomic E-state index is 0.263. The Kier molecular flexibility index (Phi) is 3.67. The highest BCUT2D eigenvalue weighted by Gasteiger charge is 2.16. The first kappa shape index (κ1) is 12.7. The largest absolute Gasteiger partial charge is 0.310 e. The molecule has 0 atom stereocenters. The van der Waals surface area contributed by atoms with Gasteiger partial charge in [0.2, 0.25) is 5.62 Å². The van der Waals surface area contributed by atoms with Crippen LogP contribution in [0.25, 0.3) is 0 Å². The fraction of sp³-hybridized carbons (Fsp3) is 0.727. The van der Waals surface area contributed by atoms with Crippen molar-refractivity contribution in [3.8, 4) is 0 Å². The maximum absolute atomic E-state index is 10.4. The van der Waals surface area contributed by atoms with Crippen LogP contribution < -0.4 is 5.62 Å². The number of hydrogen-bond acceptors (Lipinski definition) is 2. The smallest absolute Gasteiger partial charge is 0.234 e. The lowest BCUT2D eigenvalue weighted by Gasteiger charge is -2.10. The van der Waals surface area contributed by atoms with Gasteiger partial charge in [-0.2, -0.15) is 0 Å². The summed E-state index contributed by atoms with van der Waals surface area (Å²) in [5.74, 6) is 0. The molecule has 0 aliphatic heterocycles. The average molecular weight is 224 g/mol. The van der Waals surface area contributed by atoms with Gasteiger partial charge in [-0.25, -0.2) is 0 Å². The first-order valence-electron chi connectivity index (χ1n) is 5.58. The average Bonchev–Trinajstić information content (AvgIpc) is 2.39. The second kappa shape index (κ2) is 4.63. The molecule has 0 aromatic carbocycles. The highest BCUT2D eigenvalue weighted by Crippen LogP contribution is 2.15. The number of imidazole rings is 1. The van der Waals surface area contributed by atoms with E-state index in [2.05, 4.69) is 38.1 Å². The van der Waals surface area contributed by atoms with E-state index < -0.39 is 0 Å². The molecule has 0 aliphatic carbocycles. The van der Waals surface area contributed by atoms with Crippen molar-refractivity contribution in [1.29, 1.82) is 0 Å². The van der Waals surface area contributed by atoms with Crippen molar-refractivity contribution in [1.82, 2.24) is 9.13 Å². The highest BCUT2D eigenvalue weighted by atomic mass is 16.3. The Morgan fingerprint density at radius 1 is 0.938 bits per heavy atom. The third-order valence-electron chi connectivity index (χ3n) is 2.84. The molecular weight excluding hydrogens is 204 g/mol. The zero-order valence-corrected chi connectivity index (χ0v) is 10.9. The van der Waals surface area contributed by atoms with Crippen molar-refractivity contribution < 1.29 is 0 Å². The van der Waals surface area contributed by atoms with Gasteiger partial charge >= 0.3 is 0 Å². The molecule has 5 heteroatoms. The van der Waals surface area contributed by atoms with Gasteiger partial charge in [-0.3, -0.25) is 0 Å². The fourth-order valence-corrected chi connectivity index (χ4v) is 2.13. The Balaban J connectivity index is 3.70. The van der Waals surface area contributed by atoms with Gasteiger partial charge in [0.15, 0.2) is 0 Å². The molecule has 1 heterocycles. The van der Waals surface area contributed by atoms with E-state index in [0.29, 0.717) is 5.62 Å². The van der Waals surface area contributed by atoms with E-state index in [4.69, 9.17) is 0 Å². The summed E-state index contributed by atoms with van der Waals surface area (Å²) in [6.45, 7) is 12.4. The van der Waals surface area contributed by atoms with Gasteiger partial charge in [0.1, 0.15) is 0 Å². The summed E-state index contributed by atoms with van der Waals surface area (Å²) < 4.78 is 4.08. The third kappa shape index (κ3) is 1.94. The zero-order valence-electron chi connectivity index (χ0n) is 10.9. The van der Waals surface area contributed by atoms with Crippen molar-refractivity contribution in [3.63, 3.8) is 0 Å². The number of aromatic nitrogens is 2. The summed E-state index contributed by atoms with van der Waals surface area (Å²) in [4.78, 5) is 10.4. The van der Waals surface area contributed by atoms with E-state index in [0.717, 1.165) is 11.4 Å². The molecule has 0 saturated heterocycles. The van der Waals surface area contributed by atoms with E-state index in [1.165, 1.54) is 0 Å². The van der Waals surface area contributed by atoms with Crippen LogP contribution in [0.15, 0.2) is 10.4 Å². The summed E-state index contributed by atoms with van der Waals surface area (Å²) in [6, 6.07) is 0.526. The summed E-state index contributed by atoms with van der Waals surface area (Å²) in [5.41, 5.74) is 2.90. The van der Waals surface area contributed by atoms with Crippen LogP contribution in [-0.4, -0.2) is 9.13 Å². The molecule has 1 rings (SSSR count). The van der Waals surface area contributed by atoms with E-state index in [-0.39, 0.29) is 12.1 Å². The Hall–Kier alpha value is -1.39. The van der Waals surface area contributed by atoms with Crippen LogP contribution in [0.1, 0.15) is 51.2 Å². The Bertz CT molecular complexity index is 417. The number of rotatable bonds is 3. The summed E-state index contributed by atoms with van der Waals surface area (Å²) >= 11 is 0. The lowest BCUT2D eigenvalue weighted by Crippen LogP contribution is -2.28.